The Balaban J connectivity index is 2.13. The van der Waals surface area contributed by atoms with Crippen LogP contribution in [0.1, 0.15) is 72.6 Å². The number of rotatable bonds is 5. The van der Waals surface area contributed by atoms with Crippen LogP contribution in [0.25, 0.3) is 0 Å². The number of aliphatic carboxylic acids is 1. The molecular weight excluding hydrogens is 308 g/mol. The summed E-state index contributed by atoms with van der Waals surface area (Å²) in [6, 6.07) is 0. The van der Waals surface area contributed by atoms with Crippen molar-refractivity contribution in [3.05, 3.63) is 47.1 Å². The maximum Gasteiger partial charge on any atom is 0.328 e. The molecule has 2 aliphatic carbocycles. The predicted molar refractivity (Wildman–Crippen MR) is 105 cm³/mol. The summed E-state index contributed by atoms with van der Waals surface area (Å²) >= 11 is 0. The van der Waals surface area contributed by atoms with Gasteiger partial charge in [0.25, 0.3) is 0 Å². The van der Waals surface area contributed by atoms with Crippen molar-refractivity contribution in [1.82, 2.24) is 0 Å². The van der Waals surface area contributed by atoms with Gasteiger partial charge in [-0.1, -0.05) is 56.6 Å². The second kappa shape index (κ2) is 8.69. The highest BCUT2D eigenvalue weighted by molar-refractivity contribution is 5.81. The van der Waals surface area contributed by atoms with Gasteiger partial charge in [-0.25, -0.2) is 4.79 Å². The number of hydrogen-bond acceptors (Lipinski definition) is 1. The van der Waals surface area contributed by atoms with Crippen molar-refractivity contribution >= 4 is 5.97 Å². The molecule has 2 aliphatic rings. The second-order valence-corrected chi connectivity index (χ2v) is 8.49. The number of carboxylic acid groups (broad SMARTS) is 1. The Hall–Kier alpha value is -1.57. The van der Waals surface area contributed by atoms with E-state index in [1.807, 2.05) is 13.0 Å². The normalized spacial score (nSPS) is 28.1. The Kier molecular flexibility index (Phi) is 6.87. The summed E-state index contributed by atoms with van der Waals surface area (Å²) in [7, 11) is 0. The largest absolute Gasteiger partial charge is 0.478 e. The first-order chi connectivity index (χ1) is 11.8. The average molecular weight is 343 g/mol. The maximum atomic E-state index is 10.8. The minimum absolute atomic E-state index is 0.291. The molecule has 2 heteroatoms. The third-order valence-corrected chi connectivity index (χ3v) is 5.88. The van der Waals surface area contributed by atoms with Crippen LogP contribution in [-0.4, -0.2) is 11.1 Å². The fraction of sp³-hybridized carbons (Fsp3) is 0.609. The van der Waals surface area contributed by atoms with E-state index in [9.17, 15) is 4.79 Å². The van der Waals surface area contributed by atoms with Crippen LogP contribution >= 0.6 is 0 Å². The molecule has 0 amide bonds. The topological polar surface area (TPSA) is 37.3 Å². The zero-order chi connectivity index (χ0) is 18.4. The summed E-state index contributed by atoms with van der Waals surface area (Å²) in [5, 5.41) is 8.85. The molecule has 0 bridgehead atoms. The van der Waals surface area contributed by atoms with Crippen LogP contribution in [0.3, 0.4) is 0 Å². The third-order valence-electron chi connectivity index (χ3n) is 5.88. The molecule has 0 aromatic carbocycles. The first-order valence-corrected chi connectivity index (χ1v) is 9.77. The van der Waals surface area contributed by atoms with Gasteiger partial charge >= 0.3 is 5.97 Å². The van der Waals surface area contributed by atoms with Crippen LogP contribution in [0, 0.1) is 17.3 Å². The summed E-state index contributed by atoms with van der Waals surface area (Å²) in [4.78, 5) is 10.8. The molecule has 138 valence electrons. The molecule has 1 saturated carbocycles. The van der Waals surface area contributed by atoms with E-state index < -0.39 is 5.97 Å². The summed E-state index contributed by atoms with van der Waals surface area (Å²) < 4.78 is 0. The average Bonchev–Trinajstić information content (AvgIpc) is 2.52. The van der Waals surface area contributed by atoms with Crippen molar-refractivity contribution in [3.8, 4) is 0 Å². The van der Waals surface area contributed by atoms with E-state index in [0.29, 0.717) is 17.3 Å². The van der Waals surface area contributed by atoms with Crippen molar-refractivity contribution in [2.45, 2.75) is 72.6 Å². The summed E-state index contributed by atoms with van der Waals surface area (Å²) in [5.41, 5.74) is 4.19. The van der Waals surface area contributed by atoms with Crippen LogP contribution in [0.5, 0.6) is 0 Å². The van der Waals surface area contributed by atoms with Crippen molar-refractivity contribution in [3.63, 3.8) is 0 Å². The zero-order valence-electron chi connectivity index (χ0n) is 16.3. The Morgan fingerprint density at radius 1 is 1.12 bits per heavy atom. The van der Waals surface area contributed by atoms with Crippen LogP contribution < -0.4 is 0 Å². The van der Waals surface area contributed by atoms with Gasteiger partial charge in [0.1, 0.15) is 0 Å². The van der Waals surface area contributed by atoms with Crippen molar-refractivity contribution < 1.29 is 9.90 Å². The van der Waals surface area contributed by atoms with Gasteiger partial charge in [-0.3, -0.25) is 0 Å². The van der Waals surface area contributed by atoms with E-state index in [0.717, 1.165) is 5.57 Å². The molecule has 1 fully saturated rings. The van der Waals surface area contributed by atoms with Gasteiger partial charge in [-0.05, 0) is 74.3 Å². The molecule has 0 saturated heterocycles. The second-order valence-electron chi connectivity index (χ2n) is 8.49. The Labute approximate surface area is 153 Å². The highest BCUT2D eigenvalue weighted by Crippen LogP contribution is 2.41. The summed E-state index contributed by atoms with van der Waals surface area (Å²) in [5.74, 6) is 0.222. The minimum atomic E-state index is -0.871. The quantitative estimate of drug-likeness (QED) is 0.459. The third kappa shape index (κ3) is 5.73. The molecule has 2 nitrogen and oxygen atoms in total. The molecular formula is C23H34O2. The smallest absolute Gasteiger partial charge is 0.328 e. The van der Waals surface area contributed by atoms with E-state index in [4.69, 9.17) is 5.11 Å². The number of carbonyl (C=O) groups is 1. The zero-order valence-corrected chi connectivity index (χ0v) is 16.3. The predicted octanol–water partition coefficient (Wildman–Crippen LogP) is 6.46. The lowest BCUT2D eigenvalue weighted by molar-refractivity contribution is -0.131. The molecule has 0 aliphatic heterocycles. The van der Waals surface area contributed by atoms with Crippen LogP contribution in [0.15, 0.2) is 47.1 Å². The molecule has 0 radical (unpaired) electrons. The number of allylic oxidation sites excluding steroid dienone is 7. The van der Waals surface area contributed by atoms with E-state index in [1.165, 1.54) is 56.6 Å². The lowest BCUT2D eigenvalue weighted by atomic mass is 9.71. The van der Waals surface area contributed by atoms with Crippen molar-refractivity contribution in [2.75, 3.05) is 0 Å². The SMILES string of the molecule is CC(C=CC1CCCCC1C=CC1=C(C)CCCC1(C)C)=CC(=O)O. The van der Waals surface area contributed by atoms with Gasteiger partial charge in [0, 0.05) is 6.08 Å². The van der Waals surface area contributed by atoms with Crippen molar-refractivity contribution in [1.29, 1.82) is 0 Å². The molecule has 2 rings (SSSR count). The number of carboxylic acids is 1. The molecule has 0 heterocycles. The number of hydrogen-bond donors (Lipinski definition) is 1. The van der Waals surface area contributed by atoms with Gasteiger partial charge in [-0.15, -0.1) is 0 Å². The van der Waals surface area contributed by atoms with Gasteiger partial charge in [0.2, 0.25) is 0 Å². The van der Waals surface area contributed by atoms with E-state index in [2.05, 4.69) is 39.0 Å². The van der Waals surface area contributed by atoms with Gasteiger partial charge < -0.3 is 5.11 Å². The molecule has 2 atom stereocenters. The molecule has 0 spiro atoms. The maximum absolute atomic E-state index is 10.8. The van der Waals surface area contributed by atoms with Crippen molar-refractivity contribution in [2.24, 2.45) is 17.3 Å². The monoisotopic (exact) mass is 342 g/mol. The first kappa shape index (κ1) is 19.8. The van der Waals surface area contributed by atoms with E-state index in [1.54, 1.807) is 5.57 Å². The van der Waals surface area contributed by atoms with Crippen LogP contribution in [-0.2, 0) is 4.79 Å². The summed E-state index contributed by atoms with van der Waals surface area (Å²) in [6.07, 6.45) is 19.2. The minimum Gasteiger partial charge on any atom is -0.478 e. The Bertz CT molecular complexity index is 602. The lowest BCUT2D eigenvalue weighted by Gasteiger charge is -2.34. The first-order valence-electron chi connectivity index (χ1n) is 9.77. The van der Waals surface area contributed by atoms with Crippen LogP contribution in [0.2, 0.25) is 0 Å². The van der Waals surface area contributed by atoms with Gasteiger partial charge in [-0.2, -0.15) is 0 Å². The Morgan fingerprint density at radius 3 is 2.36 bits per heavy atom. The molecule has 1 N–H and O–H groups in total. The molecule has 25 heavy (non-hydrogen) atoms. The lowest BCUT2D eigenvalue weighted by Crippen LogP contribution is -2.20. The Morgan fingerprint density at radius 2 is 1.76 bits per heavy atom. The molecule has 0 aromatic heterocycles. The summed E-state index contributed by atoms with van der Waals surface area (Å²) in [6.45, 7) is 8.89. The van der Waals surface area contributed by atoms with Gasteiger partial charge in [0.15, 0.2) is 0 Å². The molecule has 2 unspecified atom stereocenters. The van der Waals surface area contributed by atoms with E-state index >= 15 is 0 Å². The molecule has 0 aromatic rings. The van der Waals surface area contributed by atoms with E-state index in [-0.39, 0.29) is 0 Å². The fourth-order valence-corrected chi connectivity index (χ4v) is 4.41. The standard InChI is InChI=1S/C23H34O2/c1-17(16-22(24)25)11-12-19-9-5-6-10-20(19)13-14-21-18(2)8-7-15-23(21,3)4/h11-14,16,19-20H,5-10,15H2,1-4H3,(H,24,25). The fourth-order valence-electron chi connectivity index (χ4n) is 4.41. The van der Waals surface area contributed by atoms with Gasteiger partial charge in [0.05, 0.1) is 0 Å². The highest BCUT2D eigenvalue weighted by Gasteiger charge is 2.27. The highest BCUT2D eigenvalue weighted by atomic mass is 16.4. The van der Waals surface area contributed by atoms with Crippen LogP contribution in [0.4, 0.5) is 0 Å².